The maximum atomic E-state index is 10.8. The minimum Gasteiger partial charge on any atom is -0.490 e. The van der Waals surface area contributed by atoms with Gasteiger partial charge in [-0.05, 0) is 24.3 Å². The Morgan fingerprint density at radius 2 is 2.00 bits per heavy atom. The van der Waals surface area contributed by atoms with Crippen molar-refractivity contribution < 1.29 is 9.66 Å². The summed E-state index contributed by atoms with van der Waals surface area (Å²) < 4.78 is 5.80. The molecule has 0 N–H and O–H groups in total. The summed E-state index contributed by atoms with van der Waals surface area (Å²) in [4.78, 5) is 10.4. The topological polar surface area (TPSA) is 52.4 Å². The first-order chi connectivity index (χ1) is 7.88. The molecule has 1 aromatic rings. The maximum Gasteiger partial charge on any atom is 0.269 e. The highest BCUT2D eigenvalue weighted by atomic mass is 16.6. The molecule has 1 aliphatic carbocycles. The first-order valence-electron chi connectivity index (χ1n) is 5.83. The van der Waals surface area contributed by atoms with Crippen LogP contribution in [-0.4, -0.2) is 11.0 Å². The van der Waals surface area contributed by atoms with Gasteiger partial charge >= 0.3 is 0 Å². The lowest BCUT2D eigenvalue weighted by atomic mass is 9.86. The third-order valence-electron chi connectivity index (χ3n) is 2.80. The highest BCUT2D eigenvalue weighted by Crippen LogP contribution is 2.37. The van der Waals surface area contributed by atoms with Crippen LogP contribution in [0.15, 0.2) is 18.2 Å². The molecular formula is C13H17NO3. The maximum absolute atomic E-state index is 10.8. The van der Waals surface area contributed by atoms with Gasteiger partial charge in [0, 0.05) is 17.7 Å². The van der Waals surface area contributed by atoms with Gasteiger partial charge in [-0.15, -0.1) is 0 Å². The smallest absolute Gasteiger partial charge is 0.269 e. The summed E-state index contributed by atoms with van der Waals surface area (Å²) in [7, 11) is 0. The van der Waals surface area contributed by atoms with Crippen LogP contribution in [0.2, 0.25) is 0 Å². The van der Waals surface area contributed by atoms with Crippen LogP contribution < -0.4 is 4.74 Å². The third kappa shape index (κ3) is 2.75. The average molecular weight is 235 g/mol. The molecule has 0 radical (unpaired) electrons. The summed E-state index contributed by atoms with van der Waals surface area (Å²) in [5, 5.41) is 10.8. The van der Waals surface area contributed by atoms with Gasteiger partial charge in [0.1, 0.15) is 5.75 Å². The molecule has 2 rings (SSSR count). The number of benzene rings is 1. The number of nitro benzene ring substituents is 1. The van der Waals surface area contributed by atoms with Gasteiger partial charge in [0.2, 0.25) is 0 Å². The number of hydrogen-bond donors (Lipinski definition) is 0. The van der Waals surface area contributed by atoms with Gasteiger partial charge in [-0.1, -0.05) is 20.8 Å². The fourth-order valence-electron chi connectivity index (χ4n) is 1.69. The molecule has 0 saturated heterocycles. The van der Waals surface area contributed by atoms with Gasteiger partial charge in [0.15, 0.2) is 0 Å². The van der Waals surface area contributed by atoms with Gasteiger partial charge in [-0.3, -0.25) is 10.1 Å². The van der Waals surface area contributed by atoms with E-state index in [2.05, 4.69) is 0 Å². The van der Waals surface area contributed by atoms with Crippen molar-refractivity contribution in [3.05, 3.63) is 33.9 Å². The van der Waals surface area contributed by atoms with Gasteiger partial charge in [0.05, 0.1) is 11.0 Å². The molecule has 0 aliphatic heterocycles. The third-order valence-corrected chi connectivity index (χ3v) is 2.80. The summed E-state index contributed by atoms with van der Waals surface area (Å²) in [6.45, 7) is 6.10. The van der Waals surface area contributed by atoms with E-state index in [1.165, 1.54) is 6.07 Å². The summed E-state index contributed by atoms with van der Waals surface area (Å²) >= 11 is 0. The fourth-order valence-corrected chi connectivity index (χ4v) is 1.69. The van der Waals surface area contributed by atoms with Crippen molar-refractivity contribution in [3.63, 3.8) is 0 Å². The van der Waals surface area contributed by atoms with Crippen molar-refractivity contribution >= 4 is 5.69 Å². The van der Waals surface area contributed by atoms with Crippen LogP contribution in [0.3, 0.4) is 0 Å². The summed E-state index contributed by atoms with van der Waals surface area (Å²) in [6.07, 6.45) is 2.47. The Morgan fingerprint density at radius 3 is 2.47 bits per heavy atom. The molecule has 17 heavy (non-hydrogen) atoms. The van der Waals surface area contributed by atoms with Gasteiger partial charge < -0.3 is 4.74 Å². The Morgan fingerprint density at radius 1 is 1.35 bits per heavy atom. The van der Waals surface area contributed by atoms with Crippen molar-refractivity contribution in [2.75, 3.05) is 0 Å². The van der Waals surface area contributed by atoms with E-state index in [0.717, 1.165) is 24.2 Å². The highest BCUT2D eigenvalue weighted by Gasteiger charge is 2.28. The standard InChI is InChI=1S/C13H17NO3/c1-13(2,3)11-8-9(14(15)16)4-7-12(11)17-10-5-6-10/h4,7-8,10H,5-6H2,1-3H3. The zero-order chi connectivity index (χ0) is 12.6. The summed E-state index contributed by atoms with van der Waals surface area (Å²) in [6, 6.07) is 4.85. The number of nitro groups is 1. The highest BCUT2D eigenvalue weighted by molar-refractivity contribution is 5.47. The minimum absolute atomic E-state index is 0.123. The van der Waals surface area contributed by atoms with Crippen molar-refractivity contribution in [3.8, 4) is 5.75 Å². The number of hydrogen-bond acceptors (Lipinski definition) is 3. The average Bonchev–Trinajstić information content (AvgIpc) is 3.00. The quantitative estimate of drug-likeness (QED) is 0.595. The molecule has 0 spiro atoms. The van der Waals surface area contributed by atoms with Crippen molar-refractivity contribution in [1.82, 2.24) is 0 Å². The molecule has 0 bridgehead atoms. The van der Waals surface area contributed by atoms with E-state index in [-0.39, 0.29) is 16.0 Å². The molecule has 0 amide bonds. The lowest BCUT2D eigenvalue weighted by molar-refractivity contribution is -0.385. The van der Waals surface area contributed by atoms with Gasteiger partial charge in [0.25, 0.3) is 5.69 Å². The van der Waals surface area contributed by atoms with E-state index in [0.29, 0.717) is 6.10 Å². The van der Waals surface area contributed by atoms with Crippen molar-refractivity contribution in [2.45, 2.75) is 45.1 Å². The summed E-state index contributed by atoms with van der Waals surface area (Å²) in [5.74, 6) is 0.783. The number of ether oxygens (including phenoxy) is 1. The van der Waals surface area contributed by atoms with Crippen molar-refractivity contribution in [2.24, 2.45) is 0 Å². The first-order valence-corrected chi connectivity index (χ1v) is 5.83. The Bertz CT molecular complexity index is 444. The molecule has 0 aromatic heterocycles. The molecule has 1 aliphatic rings. The van der Waals surface area contributed by atoms with E-state index in [1.54, 1.807) is 12.1 Å². The van der Waals surface area contributed by atoms with Crippen molar-refractivity contribution in [1.29, 1.82) is 0 Å². The van der Waals surface area contributed by atoms with Crippen LogP contribution in [0, 0.1) is 10.1 Å². The predicted octanol–water partition coefficient (Wildman–Crippen LogP) is 3.43. The molecule has 1 fully saturated rings. The predicted molar refractivity (Wildman–Crippen MR) is 65.4 cm³/mol. The SMILES string of the molecule is CC(C)(C)c1cc([N+](=O)[O-])ccc1OC1CC1. The molecule has 92 valence electrons. The Hall–Kier alpha value is -1.58. The van der Waals surface area contributed by atoms with Crippen LogP contribution in [0.1, 0.15) is 39.2 Å². The molecule has 4 nitrogen and oxygen atoms in total. The minimum atomic E-state index is -0.365. The second-order valence-electron chi connectivity index (χ2n) is 5.50. The van der Waals surface area contributed by atoms with Gasteiger partial charge in [-0.25, -0.2) is 0 Å². The molecule has 0 atom stereocenters. The Kier molecular flexibility index (Phi) is 2.81. The zero-order valence-electron chi connectivity index (χ0n) is 10.4. The largest absolute Gasteiger partial charge is 0.490 e. The van der Waals surface area contributed by atoms with E-state index in [4.69, 9.17) is 4.74 Å². The van der Waals surface area contributed by atoms with E-state index >= 15 is 0 Å². The van der Waals surface area contributed by atoms with E-state index in [9.17, 15) is 10.1 Å². The second-order valence-corrected chi connectivity index (χ2v) is 5.50. The molecular weight excluding hydrogens is 218 g/mol. The molecule has 1 aromatic carbocycles. The van der Waals surface area contributed by atoms with Gasteiger partial charge in [-0.2, -0.15) is 0 Å². The molecule has 1 saturated carbocycles. The fraction of sp³-hybridized carbons (Fsp3) is 0.538. The molecule has 0 unspecified atom stereocenters. The van der Waals surface area contributed by atoms with E-state index < -0.39 is 0 Å². The monoisotopic (exact) mass is 235 g/mol. The molecule has 4 heteroatoms. The first kappa shape index (κ1) is 11.9. The Labute approximate surface area is 101 Å². The van der Waals surface area contributed by atoms with Crippen LogP contribution in [0.5, 0.6) is 5.75 Å². The zero-order valence-corrected chi connectivity index (χ0v) is 10.4. The number of rotatable bonds is 3. The lowest BCUT2D eigenvalue weighted by Gasteiger charge is -2.22. The second kappa shape index (κ2) is 4.02. The Balaban J connectivity index is 2.39. The lowest BCUT2D eigenvalue weighted by Crippen LogP contribution is -2.14. The normalized spacial score (nSPS) is 15.7. The molecule has 0 heterocycles. The van der Waals surface area contributed by atoms with E-state index in [1.807, 2.05) is 20.8 Å². The van der Waals surface area contributed by atoms with Crippen LogP contribution in [-0.2, 0) is 5.41 Å². The van der Waals surface area contributed by atoms with Crippen LogP contribution in [0.25, 0.3) is 0 Å². The van der Waals surface area contributed by atoms with Crippen LogP contribution in [0.4, 0.5) is 5.69 Å². The summed E-state index contributed by atoms with van der Waals surface area (Å²) in [5.41, 5.74) is 0.868. The number of non-ortho nitro benzene ring substituents is 1. The number of nitrogens with zero attached hydrogens (tertiary/aromatic N) is 1. The van der Waals surface area contributed by atoms with Crippen LogP contribution >= 0.6 is 0 Å².